The fourth-order valence-electron chi connectivity index (χ4n) is 1.74. The molecular formula is C15H14F2OS. The second kappa shape index (κ2) is 6.17. The van der Waals surface area contributed by atoms with Crippen molar-refractivity contribution in [3.8, 4) is 0 Å². The molecule has 0 heterocycles. The molecule has 0 saturated carbocycles. The van der Waals surface area contributed by atoms with Crippen LogP contribution in [0.3, 0.4) is 0 Å². The van der Waals surface area contributed by atoms with Crippen molar-refractivity contribution in [2.45, 2.75) is 17.9 Å². The van der Waals surface area contributed by atoms with E-state index >= 15 is 0 Å². The fraction of sp³-hybridized carbons (Fsp3) is 0.200. The number of halogens is 2. The van der Waals surface area contributed by atoms with Gasteiger partial charge in [0.05, 0.1) is 6.10 Å². The lowest BCUT2D eigenvalue weighted by Crippen LogP contribution is -2.04. The van der Waals surface area contributed by atoms with Crippen LogP contribution in [0, 0.1) is 18.6 Å². The highest BCUT2D eigenvalue weighted by atomic mass is 32.2. The van der Waals surface area contributed by atoms with Crippen molar-refractivity contribution in [2.75, 3.05) is 5.75 Å². The second-order valence-corrected chi connectivity index (χ2v) is 5.34. The highest BCUT2D eigenvalue weighted by Gasteiger charge is 2.14. The van der Waals surface area contributed by atoms with Crippen molar-refractivity contribution in [3.63, 3.8) is 0 Å². The van der Waals surface area contributed by atoms with Gasteiger partial charge in [-0.2, -0.15) is 0 Å². The number of rotatable bonds is 4. The van der Waals surface area contributed by atoms with Gasteiger partial charge in [-0.25, -0.2) is 8.78 Å². The van der Waals surface area contributed by atoms with E-state index in [-0.39, 0.29) is 17.1 Å². The predicted octanol–water partition coefficient (Wildman–Crippen LogP) is 4.10. The summed E-state index contributed by atoms with van der Waals surface area (Å²) in [5.74, 6) is -0.557. The first-order chi connectivity index (χ1) is 9.08. The molecule has 0 bridgehead atoms. The van der Waals surface area contributed by atoms with E-state index in [1.54, 1.807) is 30.3 Å². The van der Waals surface area contributed by atoms with Gasteiger partial charge in [-0.3, -0.25) is 0 Å². The Morgan fingerprint density at radius 3 is 2.58 bits per heavy atom. The Hall–Kier alpha value is -1.39. The third kappa shape index (κ3) is 3.55. The summed E-state index contributed by atoms with van der Waals surface area (Å²) in [4.78, 5) is 0.453. The van der Waals surface area contributed by atoms with Gasteiger partial charge in [-0.15, -0.1) is 11.8 Å². The lowest BCUT2D eigenvalue weighted by molar-refractivity contribution is 0.199. The Bertz CT molecular complexity index is 572. The highest BCUT2D eigenvalue weighted by molar-refractivity contribution is 7.99. The third-order valence-corrected chi connectivity index (χ3v) is 3.87. The van der Waals surface area contributed by atoms with Crippen molar-refractivity contribution in [3.05, 3.63) is 65.2 Å². The first kappa shape index (κ1) is 14.0. The van der Waals surface area contributed by atoms with E-state index in [9.17, 15) is 13.9 Å². The molecule has 0 aromatic heterocycles. The van der Waals surface area contributed by atoms with Gasteiger partial charge >= 0.3 is 0 Å². The molecule has 1 atom stereocenters. The minimum atomic E-state index is -0.954. The van der Waals surface area contributed by atoms with Gasteiger partial charge in [0.25, 0.3) is 0 Å². The maximum absolute atomic E-state index is 13.6. The van der Waals surface area contributed by atoms with Crippen molar-refractivity contribution in [1.82, 2.24) is 0 Å². The molecule has 2 aromatic rings. The molecule has 0 amide bonds. The van der Waals surface area contributed by atoms with Gasteiger partial charge < -0.3 is 5.11 Å². The van der Waals surface area contributed by atoms with Crippen LogP contribution in [0.25, 0.3) is 0 Å². The Morgan fingerprint density at radius 2 is 1.84 bits per heavy atom. The predicted molar refractivity (Wildman–Crippen MR) is 73.2 cm³/mol. The van der Waals surface area contributed by atoms with Crippen LogP contribution in [-0.4, -0.2) is 10.9 Å². The summed E-state index contributed by atoms with van der Waals surface area (Å²) in [6.45, 7) is 1.83. The number of hydrogen-bond donors (Lipinski definition) is 1. The number of hydrogen-bond acceptors (Lipinski definition) is 2. The smallest absolute Gasteiger partial charge is 0.136 e. The quantitative estimate of drug-likeness (QED) is 0.851. The van der Waals surface area contributed by atoms with E-state index in [2.05, 4.69) is 0 Å². The molecule has 0 aliphatic heterocycles. The number of aliphatic hydroxyl groups excluding tert-OH is 1. The summed E-state index contributed by atoms with van der Waals surface area (Å²) in [5, 5.41) is 9.99. The van der Waals surface area contributed by atoms with Crippen LogP contribution in [-0.2, 0) is 0 Å². The monoisotopic (exact) mass is 280 g/mol. The van der Waals surface area contributed by atoms with Crippen molar-refractivity contribution >= 4 is 11.8 Å². The molecule has 0 aliphatic rings. The van der Waals surface area contributed by atoms with Crippen LogP contribution in [0.4, 0.5) is 8.78 Å². The summed E-state index contributed by atoms with van der Waals surface area (Å²) in [7, 11) is 0. The molecular weight excluding hydrogens is 266 g/mol. The van der Waals surface area contributed by atoms with Crippen LogP contribution in [0.15, 0.2) is 47.4 Å². The first-order valence-electron chi connectivity index (χ1n) is 5.89. The molecule has 2 rings (SSSR count). The maximum atomic E-state index is 13.6. The van der Waals surface area contributed by atoms with E-state index in [0.29, 0.717) is 4.90 Å². The van der Waals surface area contributed by atoms with Crippen molar-refractivity contribution in [2.24, 2.45) is 0 Å². The minimum Gasteiger partial charge on any atom is -0.387 e. The molecule has 4 heteroatoms. The van der Waals surface area contributed by atoms with Gasteiger partial charge in [0.1, 0.15) is 11.6 Å². The normalized spacial score (nSPS) is 12.4. The zero-order valence-electron chi connectivity index (χ0n) is 10.4. The van der Waals surface area contributed by atoms with Gasteiger partial charge in [0, 0.05) is 16.2 Å². The average Bonchev–Trinajstić information content (AvgIpc) is 2.40. The van der Waals surface area contributed by atoms with Gasteiger partial charge in [-0.1, -0.05) is 29.8 Å². The minimum absolute atomic E-state index is 0.210. The fourth-order valence-corrected chi connectivity index (χ4v) is 2.64. The highest BCUT2D eigenvalue weighted by Crippen LogP contribution is 2.28. The molecule has 19 heavy (non-hydrogen) atoms. The van der Waals surface area contributed by atoms with E-state index in [4.69, 9.17) is 0 Å². The summed E-state index contributed by atoms with van der Waals surface area (Å²) < 4.78 is 27.0. The lowest BCUT2D eigenvalue weighted by Gasteiger charge is -2.12. The van der Waals surface area contributed by atoms with Crippen LogP contribution in [0.1, 0.15) is 17.2 Å². The molecule has 100 valence electrons. The van der Waals surface area contributed by atoms with Crippen LogP contribution in [0.2, 0.25) is 0 Å². The second-order valence-electron chi connectivity index (χ2n) is 4.28. The third-order valence-electron chi connectivity index (χ3n) is 2.74. The molecule has 0 radical (unpaired) electrons. The number of aryl methyl sites for hydroxylation is 1. The average molecular weight is 280 g/mol. The van der Waals surface area contributed by atoms with Crippen LogP contribution < -0.4 is 0 Å². The SMILES string of the molecule is Cc1ccc(F)c(C(O)CSc2ccccc2F)c1. The van der Waals surface area contributed by atoms with Crippen molar-refractivity contribution in [1.29, 1.82) is 0 Å². The van der Waals surface area contributed by atoms with Gasteiger partial charge in [0.2, 0.25) is 0 Å². The van der Waals surface area contributed by atoms with Crippen LogP contribution in [0.5, 0.6) is 0 Å². The summed E-state index contributed by atoms with van der Waals surface area (Å²) in [5.41, 5.74) is 1.13. The van der Waals surface area contributed by atoms with Crippen molar-refractivity contribution < 1.29 is 13.9 Å². The maximum Gasteiger partial charge on any atom is 0.136 e. The Balaban J connectivity index is 2.07. The number of thioether (sulfide) groups is 1. The van der Waals surface area contributed by atoms with E-state index in [0.717, 1.165) is 5.56 Å². The first-order valence-corrected chi connectivity index (χ1v) is 6.88. The molecule has 1 nitrogen and oxygen atoms in total. The topological polar surface area (TPSA) is 20.2 Å². The summed E-state index contributed by atoms with van der Waals surface area (Å²) >= 11 is 1.17. The molecule has 0 aliphatic carbocycles. The largest absolute Gasteiger partial charge is 0.387 e. The zero-order chi connectivity index (χ0) is 13.8. The summed E-state index contributed by atoms with van der Waals surface area (Å²) in [6, 6.07) is 10.9. The van der Waals surface area contributed by atoms with E-state index in [1.165, 1.54) is 23.9 Å². The molecule has 2 aromatic carbocycles. The molecule has 0 fully saturated rings. The standard InChI is InChI=1S/C15H14F2OS/c1-10-6-7-12(16)11(8-10)14(18)9-19-15-5-3-2-4-13(15)17/h2-8,14,18H,9H2,1H3. The van der Waals surface area contributed by atoms with Gasteiger partial charge in [0.15, 0.2) is 0 Å². The Kier molecular flexibility index (Phi) is 4.56. The van der Waals surface area contributed by atoms with Crippen LogP contribution >= 0.6 is 11.8 Å². The van der Waals surface area contributed by atoms with E-state index < -0.39 is 11.9 Å². The molecule has 1 unspecified atom stereocenters. The molecule has 1 N–H and O–H groups in total. The number of aliphatic hydroxyl groups is 1. The van der Waals surface area contributed by atoms with E-state index in [1.807, 2.05) is 6.92 Å². The zero-order valence-corrected chi connectivity index (χ0v) is 11.3. The number of benzene rings is 2. The summed E-state index contributed by atoms with van der Waals surface area (Å²) in [6.07, 6.45) is -0.954. The Labute approximate surface area is 115 Å². The Morgan fingerprint density at radius 1 is 1.11 bits per heavy atom. The molecule has 0 saturated heterocycles. The van der Waals surface area contributed by atoms with Gasteiger partial charge in [-0.05, 0) is 25.1 Å². The lowest BCUT2D eigenvalue weighted by atomic mass is 10.1. The molecule has 0 spiro atoms.